The molecule has 78 valence electrons. The molecule has 2 rings (SSSR count). The van der Waals surface area contributed by atoms with Crippen molar-refractivity contribution in [2.75, 3.05) is 6.61 Å². The molecule has 0 saturated heterocycles. The Morgan fingerprint density at radius 3 is 2.73 bits per heavy atom. The van der Waals surface area contributed by atoms with E-state index in [2.05, 4.69) is 20.6 Å². The molecule has 15 heavy (non-hydrogen) atoms. The van der Waals surface area contributed by atoms with Gasteiger partial charge in [0.05, 0.1) is 6.61 Å². The van der Waals surface area contributed by atoms with Crippen LogP contribution in [0, 0.1) is 0 Å². The number of nitrogens with zero attached hydrogens (tertiary/aromatic N) is 3. The first-order valence-electron chi connectivity index (χ1n) is 4.45. The normalized spacial score (nSPS) is 10.2. The number of nitrogens with one attached hydrogen (secondary N) is 1. The topological polar surface area (TPSA) is 63.7 Å². The molecule has 0 amide bonds. The van der Waals surface area contributed by atoms with Gasteiger partial charge in [0.25, 0.3) is 0 Å². The van der Waals surface area contributed by atoms with Gasteiger partial charge >= 0.3 is 0 Å². The fraction of sp³-hybridized carbons (Fsp3) is 0.222. The highest BCUT2D eigenvalue weighted by Crippen LogP contribution is 2.15. The van der Waals surface area contributed by atoms with Crippen molar-refractivity contribution in [1.29, 1.82) is 0 Å². The van der Waals surface area contributed by atoms with Crippen molar-refractivity contribution in [3.05, 3.63) is 35.1 Å². The SMILES string of the molecule is Clc1ccc(OCCc2nn[nH]n2)cc1. The molecule has 6 heteroatoms. The number of aromatic amines is 1. The lowest BCUT2D eigenvalue weighted by molar-refractivity contribution is 0.319. The summed E-state index contributed by atoms with van der Waals surface area (Å²) in [4.78, 5) is 0. The summed E-state index contributed by atoms with van der Waals surface area (Å²) in [5.74, 6) is 1.42. The Morgan fingerprint density at radius 2 is 2.07 bits per heavy atom. The Morgan fingerprint density at radius 1 is 1.27 bits per heavy atom. The van der Waals surface area contributed by atoms with Gasteiger partial charge < -0.3 is 4.74 Å². The van der Waals surface area contributed by atoms with Crippen LogP contribution in [0.5, 0.6) is 5.75 Å². The summed E-state index contributed by atoms with van der Waals surface area (Å²) in [5, 5.41) is 14.2. The van der Waals surface area contributed by atoms with E-state index in [0.29, 0.717) is 23.9 Å². The van der Waals surface area contributed by atoms with Gasteiger partial charge in [-0.15, -0.1) is 10.2 Å². The molecule has 2 aromatic rings. The third-order valence-electron chi connectivity index (χ3n) is 1.80. The molecule has 0 aliphatic carbocycles. The summed E-state index contributed by atoms with van der Waals surface area (Å²) in [6.07, 6.45) is 0.624. The maximum absolute atomic E-state index is 5.74. The molecule has 0 aliphatic heterocycles. The van der Waals surface area contributed by atoms with Gasteiger partial charge in [0, 0.05) is 11.4 Å². The molecule has 1 aromatic carbocycles. The lowest BCUT2D eigenvalue weighted by atomic mass is 10.3. The van der Waals surface area contributed by atoms with Crippen molar-refractivity contribution in [1.82, 2.24) is 20.6 Å². The second kappa shape index (κ2) is 4.75. The number of aromatic nitrogens is 4. The van der Waals surface area contributed by atoms with Gasteiger partial charge in [-0.2, -0.15) is 5.21 Å². The standard InChI is InChI=1S/C9H9ClN4O/c10-7-1-3-8(4-2-7)15-6-5-9-11-13-14-12-9/h1-4H,5-6H2,(H,11,12,13,14). The number of benzene rings is 1. The average Bonchev–Trinajstić information content (AvgIpc) is 2.74. The molecule has 5 nitrogen and oxygen atoms in total. The molecule has 0 fully saturated rings. The number of hydrogen-bond donors (Lipinski definition) is 1. The zero-order valence-corrected chi connectivity index (χ0v) is 8.61. The van der Waals surface area contributed by atoms with Crippen LogP contribution in [0.2, 0.25) is 5.02 Å². The van der Waals surface area contributed by atoms with E-state index in [-0.39, 0.29) is 0 Å². The Kier molecular flexibility index (Phi) is 3.14. The second-order valence-electron chi connectivity index (χ2n) is 2.88. The third kappa shape index (κ3) is 2.92. The van der Waals surface area contributed by atoms with Crippen molar-refractivity contribution >= 4 is 11.6 Å². The number of hydrogen-bond acceptors (Lipinski definition) is 4. The molecular weight excluding hydrogens is 216 g/mol. The van der Waals surface area contributed by atoms with E-state index in [9.17, 15) is 0 Å². The predicted molar refractivity (Wildman–Crippen MR) is 54.8 cm³/mol. The van der Waals surface area contributed by atoms with Gasteiger partial charge in [-0.05, 0) is 24.3 Å². The highest BCUT2D eigenvalue weighted by Gasteiger charge is 1.98. The first-order valence-corrected chi connectivity index (χ1v) is 4.83. The minimum absolute atomic E-state index is 0.515. The summed E-state index contributed by atoms with van der Waals surface area (Å²) in [6.45, 7) is 0.515. The van der Waals surface area contributed by atoms with Crippen LogP contribution in [0.25, 0.3) is 0 Å². The maximum atomic E-state index is 5.74. The fourth-order valence-corrected chi connectivity index (χ4v) is 1.21. The van der Waals surface area contributed by atoms with Gasteiger partial charge in [-0.3, -0.25) is 0 Å². The molecule has 0 spiro atoms. The first kappa shape index (κ1) is 9.92. The average molecular weight is 225 g/mol. The molecule has 0 radical (unpaired) electrons. The van der Waals surface area contributed by atoms with Crippen LogP contribution < -0.4 is 4.74 Å². The molecule has 1 heterocycles. The van der Waals surface area contributed by atoms with Gasteiger partial charge in [-0.1, -0.05) is 16.8 Å². The van der Waals surface area contributed by atoms with Crippen molar-refractivity contribution in [3.8, 4) is 5.75 Å². The van der Waals surface area contributed by atoms with Crippen LogP contribution in [0.4, 0.5) is 0 Å². The van der Waals surface area contributed by atoms with Crippen LogP contribution in [0.1, 0.15) is 5.82 Å². The van der Waals surface area contributed by atoms with Crippen molar-refractivity contribution in [2.45, 2.75) is 6.42 Å². The quantitative estimate of drug-likeness (QED) is 0.854. The largest absolute Gasteiger partial charge is 0.493 e. The molecule has 0 bridgehead atoms. The molecule has 1 aromatic heterocycles. The van der Waals surface area contributed by atoms with Crippen LogP contribution >= 0.6 is 11.6 Å². The number of tetrazole rings is 1. The number of rotatable bonds is 4. The molecule has 0 atom stereocenters. The van der Waals surface area contributed by atoms with Gasteiger partial charge in [0.2, 0.25) is 0 Å². The lowest BCUT2D eigenvalue weighted by Gasteiger charge is -2.03. The first-order chi connectivity index (χ1) is 7.34. The Hall–Kier alpha value is -1.62. The van der Waals surface area contributed by atoms with E-state index in [4.69, 9.17) is 16.3 Å². The van der Waals surface area contributed by atoms with E-state index in [1.807, 2.05) is 12.1 Å². The molecule has 0 aliphatic rings. The fourth-order valence-electron chi connectivity index (χ4n) is 1.08. The summed E-state index contributed by atoms with van der Waals surface area (Å²) in [6, 6.07) is 7.20. The van der Waals surface area contributed by atoms with Crippen LogP contribution in [-0.2, 0) is 6.42 Å². The predicted octanol–water partition coefficient (Wildman–Crippen LogP) is 1.47. The highest BCUT2D eigenvalue weighted by atomic mass is 35.5. The zero-order valence-electron chi connectivity index (χ0n) is 7.85. The molecular formula is C9H9ClN4O. The van der Waals surface area contributed by atoms with Gasteiger partial charge in [0.15, 0.2) is 5.82 Å². The Labute approximate surface area is 91.4 Å². The molecule has 0 unspecified atom stereocenters. The smallest absolute Gasteiger partial charge is 0.177 e. The minimum Gasteiger partial charge on any atom is -0.493 e. The summed E-state index contributed by atoms with van der Waals surface area (Å²) in [5.41, 5.74) is 0. The summed E-state index contributed by atoms with van der Waals surface area (Å²) in [7, 11) is 0. The minimum atomic E-state index is 0.515. The van der Waals surface area contributed by atoms with Gasteiger partial charge in [0.1, 0.15) is 5.75 Å². The van der Waals surface area contributed by atoms with E-state index < -0.39 is 0 Å². The highest BCUT2D eigenvalue weighted by molar-refractivity contribution is 6.30. The molecule has 0 saturated carbocycles. The van der Waals surface area contributed by atoms with Crippen molar-refractivity contribution < 1.29 is 4.74 Å². The zero-order chi connectivity index (χ0) is 10.5. The van der Waals surface area contributed by atoms with E-state index in [1.54, 1.807) is 12.1 Å². The van der Waals surface area contributed by atoms with E-state index in [1.165, 1.54) is 0 Å². The summed E-state index contributed by atoms with van der Waals surface area (Å²) >= 11 is 5.74. The van der Waals surface area contributed by atoms with Crippen LogP contribution in [0.3, 0.4) is 0 Å². The Balaban J connectivity index is 1.81. The number of ether oxygens (including phenoxy) is 1. The second-order valence-corrected chi connectivity index (χ2v) is 3.32. The lowest BCUT2D eigenvalue weighted by Crippen LogP contribution is -2.02. The van der Waals surface area contributed by atoms with Crippen molar-refractivity contribution in [3.63, 3.8) is 0 Å². The maximum Gasteiger partial charge on any atom is 0.177 e. The number of halogens is 1. The van der Waals surface area contributed by atoms with Crippen LogP contribution in [-0.4, -0.2) is 27.2 Å². The number of H-pyrrole nitrogens is 1. The van der Waals surface area contributed by atoms with E-state index >= 15 is 0 Å². The van der Waals surface area contributed by atoms with E-state index in [0.717, 1.165) is 5.75 Å². The third-order valence-corrected chi connectivity index (χ3v) is 2.05. The monoisotopic (exact) mass is 224 g/mol. The van der Waals surface area contributed by atoms with Gasteiger partial charge in [-0.25, -0.2) is 0 Å². The van der Waals surface area contributed by atoms with Crippen LogP contribution in [0.15, 0.2) is 24.3 Å². The molecule has 1 N–H and O–H groups in total. The summed E-state index contributed by atoms with van der Waals surface area (Å²) < 4.78 is 5.45. The van der Waals surface area contributed by atoms with Crippen molar-refractivity contribution in [2.24, 2.45) is 0 Å². The Bertz CT molecular complexity index is 401.